The minimum Gasteiger partial charge on any atom is -0.497 e. The number of hydrogen-bond donors (Lipinski definition) is 2. The molecule has 3 aromatic rings. The molecule has 0 radical (unpaired) electrons. The molecule has 0 atom stereocenters. The maximum Gasteiger partial charge on any atom is 0.308 e. The van der Waals surface area contributed by atoms with Crippen LogP contribution in [0.2, 0.25) is 0 Å². The van der Waals surface area contributed by atoms with Gasteiger partial charge in [0.2, 0.25) is 0 Å². The van der Waals surface area contributed by atoms with E-state index < -0.39 is 5.97 Å². The summed E-state index contributed by atoms with van der Waals surface area (Å²) in [6.45, 7) is 2.01. The zero-order chi connectivity index (χ0) is 17.8. The third-order valence-electron chi connectivity index (χ3n) is 3.76. The summed E-state index contributed by atoms with van der Waals surface area (Å²) in [5.74, 6) is -0.127. The first-order valence-corrected chi connectivity index (χ1v) is 8.57. The van der Waals surface area contributed by atoms with Crippen LogP contribution in [0.3, 0.4) is 0 Å². The van der Waals surface area contributed by atoms with E-state index in [4.69, 9.17) is 4.74 Å². The highest BCUT2D eigenvalue weighted by atomic mass is 32.1. The molecule has 0 aliphatic heterocycles. The predicted molar refractivity (Wildman–Crippen MR) is 99.9 cm³/mol. The Morgan fingerprint density at radius 1 is 1.20 bits per heavy atom. The van der Waals surface area contributed by atoms with Gasteiger partial charge in [-0.05, 0) is 42.8 Å². The van der Waals surface area contributed by atoms with Crippen LogP contribution in [-0.2, 0) is 11.2 Å². The molecular formula is C19H18N2O3S. The fourth-order valence-corrected chi connectivity index (χ4v) is 3.45. The van der Waals surface area contributed by atoms with Gasteiger partial charge in [-0.15, -0.1) is 11.3 Å². The number of aryl methyl sites for hydroxylation is 1. The molecule has 6 heteroatoms. The van der Waals surface area contributed by atoms with E-state index in [0.717, 1.165) is 22.6 Å². The van der Waals surface area contributed by atoms with Crippen LogP contribution >= 0.6 is 11.3 Å². The van der Waals surface area contributed by atoms with Crippen LogP contribution in [0.4, 0.5) is 10.8 Å². The van der Waals surface area contributed by atoms with Gasteiger partial charge in [0.1, 0.15) is 5.75 Å². The summed E-state index contributed by atoms with van der Waals surface area (Å²) in [7, 11) is 1.61. The predicted octanol–water partition coefficient (Wildman–Crippen LogP) is 4.50. The molecule has 0 fully saturated rings. The summed E-state index contributed by atoms with van der Waals surface area (Å²) in [6, 6.07) is 15.4. The normalized spacial score (nSPS) is 10.5. The first kappa shape index (κ1) is 17.0. The Hall–Kier alpha value is -2.86. The number of aromatic nitrogens is 1. The molecule has 0 spiro atoms. The van der Waals surface area contributed by atoms with E-state index in [1.54, 1.807) is 7.11 Å². The smallest absolute Gasteiger partial charge is 0.308 e. The number of benzene rings is 2. The molecule has 2 aromatic carbocycles. The van der Waals surface area contributed by atoms with Gasteiger partial charge in [0.25, 0.3) is 0 Å². The summed E-state index contributed by atoms with van der Waals surface area (Å²) in [5.41, 5.74) is 3.61. The van der Waals surface area contributed by atoms with Crippen molar-refractivity contribution in [3.8, 4) is 17.0 Å². The quantitative estimate of drug-likeness (QED) is 0.682. The number of ether oxygens (including phenoxy) is 1. The van der Waals surface area contributed by atoms with Gasteiger partial charge in [0.05, 0.1) is 19.2 Å². The van der Waals surface area contributed by atoms with Gasteiger partial charge in [0.15, 0.2) is 5.13 Å². The Kier molecular flexibility index (Phi) is 5.00. The lowest BCUT2D eigenvalue weighted by Gasteiger charge is -2.05. The Morgan fingerprint density at radius 3 is 2.56 bits per heavy atom. The van der Waals surface area contributed by atoms with Gasteiger partial charge in [0, 0.05) is 16.1 Å². The van der Waals surface area contributed by atoms with E-state index in [-0.39, 0.29) is 6.42 Å². The van der Waals surface area contributed by atoms with E-state index in [1.165, 1.54) is 11.3 Å². The summed E-state index contributed by atoms with van der Waals surface area (Å²) in [5, 5.41) is 13.2. The van der Waals surface area contributed by atoms with Gasteiger partial charge < -0.3 is 15.2 Å². The van der Waals surface area contributed by atoms with E-state index in [9.17, 15) is 9.90 Å². The zero-order valence-corrected chi connectivity index (χ0v) is 14.8. The minimum absolute atomic E-state index is 0.0610. The largest absolute Gasteiger partial charge is 0.497 e. The molecule has 25 heavy (non-hydrogen) atoms. The summed E-state index contributed by atoms with van der Waals surface area (Å²) in [4.78, 5) is 16.6. The lowest BCUT2D eigenvalue weighted by Crippen LogP contribution is -1.99. The molecule has 128 valence electrons. The summed E-state index contributed by atoms with van der Waals surface area (Å²) >= 11 is 1.36. The highest BCUT2D eigenvalue weighted by Crippen LogP contribution is 2.34. The van der Waals surface area contributed by atoms with Crippen molar-refractivity contribution in [2.45, 2.75) is 13.3 Å². The third-order valence-corrected chi connectivity index (χ3v) is 4.73. The number of carbonyl (C=O) groups is 1. The molecule has 5 nitrogen and oxygen atoms in total. The Labute approximate surface area is 149 Å². The second kappa shape index (κ2) is 7.36. The van der Waals surface area contributed by atoms with E-state index in [2.05, 4.69) is 10.3 Å². The molecule has 2 N–H and O–H groups in total. The molecule has 0 amide bonds. The monoisotopic (exact) mass is 354 g/mol. The molecule has 1 aromatic heterocycles. The molecule has 0 aliphatic rings. The molecule has 3 rings (SSSR count). The maximum atomic E-state index is 11.2. The van der Waals surface area contributed by atoms with E-state index >= 15 is 0 Å². The number of nitrogens with zero attached hydrogens (tertiary/aromatic N) is 1. The number of aliphatic carboxylic acids is 1. The SMILES string of the molecule is COc1ccc(-c2nc(Nc3ccccc3C)sc2CC(=O)O)cc1. The summed E-state index contributed by atoms with van der Waals surface area (Å²) in [6.07, 6.45) is -0.0610. The van der Waals surface area contributed by atoms with E-state index in [1.807, 2.05) is 55.5 Å². The second-order valence-electron chi connectivity index (χ2n) is 5.53. The van der Waals surface area contributed by atoms with Crippen molar-refractivity contribution in [2.24, 2.45) is 0 Å². The van der Waals surface area contributed by atoms with E-state index in [0.29, 0.717) is 15.7 Å². The van der Waals surface area contributed by atoms with Crippen molar-refractivity contribution in [2.75, 3.05) is 12.4 Å². The number of methoxy groups -OCH3 is 1. The number of hydrogen-bond acceptors (Lipinski definition) is 5. The van der Waals surface area contributed by atoms with Crippen molar-refractivity contribution in [3.05, 3.63) is 59.0 Å². The first-order chi connectivity index (χ1) is 12.1. The van der Waals surface area contributed by atoms with Crippen molar-refractivity contribution < 1.29 is 14.6 Å². The highest BCUT2D eigenvalue weighted by Gasteiger charge is 2.16. The molecule has 0 unspecified atom stereocenters. The average Bonchev–Trinajstić information content (AvgIpc) is 2.98. The van der Waals surface area contributed by atoms with Crippen molar-refractivity contribution in [1.29, 1.82) is 0 Å². The molecular weight excluding hydrogens is 336 g/mol. The lowest BCUT2D eigenvalue weighted by molar-refractivity contribution is -0.136. The Balaban J connectivity index is 1.97. The van der Waals surface area contributed by atoms with Crippen LogP contribution in [0.15, 0.2) is 48.5 Å². The number of carboxylic acid groups (broad SMARTS) is 1. The Bertz CT molecular complexity index is 888. The topological polar surface area (TPSA) is 71.5 Å². The second-order valence-corrected chi connectivity index (χ2v) is 6.61. The molecule has 0 bridgehead atoms. The van der Waals surface area contributed by atoms with Gasteiger partial charge >= 0.3 is 5.97 Å². The standard InChI is InChI=1S/C19H18N2O3S/c1-12-5-3-4-6-15(12)20-19-21-18(16(25-19)11-17(22)23)13-7-9-14(24-2)10-8-13/h3-10H,11H2,1-2H3,(H,20,21)(H,22,23). The fraction of sp³-hybridized carbons (Fsp3) is 0.158. The number of nitrogens with one attached hydrogen (secondary N) is 1. The number of anilines is 2. The van der Waals surface area contributed by atoms with Gasteiger partial charge in [-0.1, -0.05) is 18.2 Å². The van der Waals surface area contributed by atoms with Crippen LogP contribution in [0.5, 0.6) is 5.75 Å². The fourth-order valence-electron chi connectivity index (χ4n) is 2.47. The lowest BCUT2D eigenvalue weighted by atomic mass is 10.1. The highest BCUT2D eigenvalue weighted by molar-refractivity contribution is 7.16. The number of para-hydroxylation sites is 1. The molecule has 0 saturated carbocycles. The number of rotatable bonds is 6. The van der Waals surface area contributed by atoms with Crippen molar-refractivity contribution in [3.63, 3.8) is 0 Å². The zero-order valence-electron chi connectivity index (χ0n) is 13.9. The first-order valence-electron chi connectivity index (χ1n) is 7.75. The molecule has 0 aliphatic carbocycles. The van der Waals surface area contributed by atoms with Crippen LogP contribution in [-0.4, -0.2) is 23.2 Å². The van der Waals surface area contributed by atoms with Crippen molar-refractivity contribution in [1.82, 2.24) is 4.98 Å². The Morgan fingerprint density at radius 2 is 1.92 bits per heavy atom. The third kappa shape index (κ3) is 3.97. The number of thiazole rings is 1. The van der Waals surface area contributed by atoms with Crippen LogP contribution < -0.4 is 10.1 Å². The van der Waals surface area contributed by atoms with Crippen LogP contribution in [0.25, 0.3) is 11.3 Å². The van der Waals surface area contributed by atoms with Crippen LogP contribution in [0, 0.1) is 6.92 Å². The van der Waals surface area contributed by atoms with Gasteiger partial charge in [-0.25, -0.2) is 4.98 Å². The molecule has 1 heterocycles. The average molecular weight is 354 g/mol. The number of carboxylic acids is 1. The van der Waals surface area contributed by atoms with Crippen LogP contribution in [0.1, 0.15) is 10.4 Å². The van der Waals surface area contributed by atoms with Gasteiger partial charge in [-0.2, -0.15) is 0 Å². The minimum atomic E-state index is -0.874. The maximum absolute atomic E-state index is 11.2. The molecule has 0 saturated heterocycles. The summed E-state index contributed by atoms with van der Waals surface area (Å²) < 4.78 is 5.17. The van der Waals surface area contributed by atoms with Gasteiger partial charge in [-0.3, -0.25) is 4.79 Å². The van der Waals surface area contributed by atoms with Crippen molar-refractivity contribution >= 4 is 28.1 Å².